The van der Waals surface area contributed by atoms with Crippen LogP contribution in [0.15, 0.2) is 0 Å². The van der Waals surface area contributed by atoms with Gasteiger partial charge in [-0.3, -0.25) is 24.0 Å². The molecule has 0 unspecified atom stereocenters. The molecule has 0 radical (unpaired) electrons. The van der Waals surface area contributed by atoms with E-state index < -0.39 is 325 Å². The summed E-state index contributed by atoms with van der Waals surface area (Å²) in [6.07, 6.45) is -64.8. The molecule has 0 saturated carbocycles. The van der Waals surface area contributed by atoms with Crippen molar-refractivity contribution >= 4 is 53.4 Å². The summed E-state index contributed by atoms with van der Waals surface area (Å²) in [5.41, 5.74) is 0. The lowest BCUT2D eigenvalue weighted by atomic mass is 9.87. The maximum Gasteiger partial charge on any atom is 0.364 e. The van der Waals surface area contributed by atoms with E-state index in [9.17, 15) is 161 Å². The Morgan fingerprint density at radius 1 is 0.406 bits per heavy atom. The second kappa shape index (κ2) is 36.7. The second-order valence-electron chi connectivity index (χ2n) is 26.2. The van der Waals surface area contributed by atoms with Gasteiger partial charge in [0, 0.05) is 60.3 Å². The van der Waals surface area contributed by atoms with Gasteiger partial charge in [0.05, 0.1) is 88.2 Å². The Balaban J connectivity index is 1.31. The predicted octanol–water partition coefficient (Wildman–Crippen LogP) is -16.6. The normalized spacial score (nSPS) is 40.1. The molecule has 6 aliphatic heterocycles. The largest absolute Gasteiger partial charge is 0.477 e. The topological polar surface area (TPSA) is 781 Å². The minimum atomic E-state index is -3.58. The van der Waals surface area contributed by atoms with Crippen molar-refractivity contribution in [2.75, 3.05) is 39.6 Å². The summed E-state index contributed by atoms with van der Waals surface area (Å²) in [5, 5.41) is 265. The van der Waals surface area contributed by atoms with Crippen molar-refractivity contribution in [3.8, 4) is 0 Å². The molecule has 6 fully saturated rings. The van der Waals surface area contributed by atoms with E-state index in [1.807, 2.05) is 0 Å². The highest BCUT2D eigenvalue weighted by Crippen LogP contribution is 2.43. The Morgan fingerprint density at radius 3 is 1.07 bits per heavy atom. The molecule has 608 valence electrons. The fourth-order valence-electron chi connectivity index (χ4n) is 13.2. The highest BCUT2D eigenvalue weighted by molar-refractivity contribution is 5.79. The molecule has 0 aromatic rings. The number of carbonyl (C=O) groups is 9. The fourth-order valence-corrected chi connectivity index (χ4v) is 13.2. The Hall–Kier alpha value is -5.97. The number of carbonyl (C=O) groups excluding carboxylic acids is 5. The van der Waals surface area contributed by atoms with Crippen LogP contribution >= 0.6 is 0 Å². The van der Waals surface area contributed by atoms with E-state index in [0.717, 1.165) is 34.6 Å². The molecule has 0 aliphatic carbocycles. The zero-order chi connectivity index (χ0) is 79.9. The third-order valence-electron chi connectivity index (χ3n) is 18.4. The lowest BCUT2D eigenvalue weighted by Crippen LogP contribution is -2.72. The quantitative estimate of drug-likeness (QED) is 0.0290. The third-order valence-corrected chi connectivity index (χ3v) is 18.4. The zero-order valence-electron chi connectivity index (χ0n) is 56.8. The Bertz CT molecular complexity index is 3040. The number of nitrogens with one attached hydrogen (secondary N) is 5. The first-order valence-corrected chi connectivity index (χ1v) is 32.6. The second-order valence-corrected chi connectivity index (χ2v) is 26.2. The van der Waals surface area contributed by atoms with Gasteiger partial charge in [-0.2, -0.15) is 0 Å². The first-order chi connectivity index (χ1) is 49.4. The summed E-state index contributed by atoms with van der Waals surface area (Å²) in [7, 11) is 0. The van der Waals surface area contributed by atoms with Crippen LogP contribution in [-0.4, -0.2) is 417 Å². The molecule has 48 nitrogen and oxygen atoms in total. The highest BCUT2D eigenvalue weighted by atomic mass is 16.8. The van der Waals surface area contributed by atoms with E-state index in [1.54, 1.807) is 0 Å². The predicted molar refractivity (Wildman–Crippen MR) is 326 cm³/mol. The van der Waals surface area contributed by atoms with Gasteiger partial charge in [-0.15, -0.1) is 0 Å². The molecule has 0 aromatic heterocycles. The van der Waals surface area contributed by atoms with Crippen LogP contribution in [0.25, 0.3) is 0 Å². The number of aliphatic hydroxyl groups excluding tert-OH is 19. The molecule has 0 bridgehead atoms. The standard InChI is InChI=1S/C58H93N5O43/c1-16(69)59-31-22(75)7-56(52(90)91,103-44(31)36(80)25(78)10-64)100-28(13-67)39(83)46-33(61-18(3)71)21(74)6-55(102-46,51(88)89)96-15-30-41(85)43(35(49(87)97-30)63-20(5)73)99-50-42(86)48(38(82)27(12-66)98-50)106-58(54(94)95)9-24(77)34(62-19(4)72)47(105-58)40(84)29(14-68)101-57(53(92)93)8-23(76)32(60-17(2)70)45(104-57)37(81)26(79)11-65/h21-50,64-68,74-87H,6-15H2,1-5H3,(H,59,69)(H,60,70)(H,61,71)(H,62,72)(H,63,73)(H,88,89)(H,90,91)(H,92,93)(H,94,95)/t21-,22-,23-,24-,25+,26+,27+,28+,29+,30+,31+,32+,33+,34+,35+,36+,37+,38-,39+,40+,41-,42+,43+,44+,45+,46+,47+,48-,49-,50-,55+,56+,57+,58-/m0/s1. The van der Waals surface area contributed by atoms with Gasteiger partial charge in [0.2, 0.25) is 29.5 Å². The van der Waals surface area contributed by atoms with E-state index in [0.29, 0.717) is 0 Å². The molecule has 34 atom stereocenters. The van der Waals surface area contributed by atoms with Crippen LogP contribution in [0.3, 0.4) is 0 Å². The van der Waals surface area contributed by atoms with E-state index in [2.05, 4.69) is 26.6 Å². The number of ether oxygens (including phenoxy) is 11. The molecule has 6 heterocycles. The minimum absolute atomic E-state index is 0.840. The number of aliphatic hydroxyl groups is 19. The van der Waals surface area contributed by atoms with Gasteiger partial charge in [-0.1, -0.05) is 0 Å². The van der Waals surface area contributed by atoms with Gasteiger partial charge in [-0.05, 0) is 0 Å². The summed E-state index contributed by atoms with van der Waals surface area (Å²) in [6.45, 7) is -3.86. The number of rotatable bonds is 33. The van der Waals surface area contributed by atoms with Crippen molar-refractivity contribution in [3.05, 3.63) is 0 Å². The average molecular weight is 1550 g/mol. The van der Waals surface area contributed by atoms with Crippen LogP contribution in [0, 0.1) is 0 Å². The van der Waals surface area contributed by atoms with Crippen molar-refractivity contribution in [1.29, 1.82) is 0 Å². The molecule has 0 aromatic carbocycles. The number of amides is 5. The molecule has 28 N–H and O–H groups in total. The molecule has 5 amide bonds. The zero-order valence-corrected chi connectivity index (χ0v) is 56.8. The van der Waals surface area contributed by atoms with Crippen LogP contribution < -0.4 is 26.6 Å². The molecular formula is C58H93N5O43. The van der Waals surface area contributed by atoms with Crippen molar-refractivity contribution in [2.45, 2.75) is 267 Å². The SMILES string of the molecule is CC(=O)N[C@@H]1[C@@H](O[C@@H]2O[C@H](CO)[C@H](O)[C@H](O[C@]3(C(=O)O)C[C@H](O)[C@@H](NC(C)=O)[C@H]([C@H](O)[C@@H](CO)O[C@]4(C(=O)O)C[C@H](O)[C@@H](NC(C)=O)[C@H]([C@H](O)[C@H](O)CO)O4)O3)[C@H]2O)[C@@H](O)[C@@H](CO[C@]2(C(=O)O)C[C@H](O)[C@@H](NC(C)=O)[C@H]([C@H](O)[C@@H](CO)O[C@]3(C(=O)O)C[C@H](O)[C@@H](NC(C)=O)[C@H]([C@H](O)[C@H](O)CO)O3)O2)O[C@@H]1O. The van der Waals surface area contributed by atoms with E-state index in [4.69, 9.17) is 52.1 Å². The highest BCUT2D eigenvalue weighted by Gasteiger charge is 2.65. The van der Waals surface area contributed by atoms with Gasteiger partial charge in [0.15, 0.2) is 12.6 Å². The first-order valence-electron chi connectivity index (χ1n) is 32.6. The number of aliphatic carboxylic acids is 4. The lowest BCUT2D eigenvalue weighted by molar-refractivity contribution is -0.384. The summed E-state index contributed by atoms with van der Waals surface area (Å²) in [6, 6.07) is -9.67. The van der Waals surface area contributed by atoms with Gasteiger partial charge in [-0.25, -0.2) is 19.2 Å². The lowest BCUT2D eigenvalue weighted by Gasteiger charge is -2.51. The van der Waals surface area contributed by atoms with Gasteiger partial charge >= 0.3 is 23.9 Å². The Labute approximate surface area is 597 Å². The van der Waals surface area contributed by atoms with Crippen LogP contribution in [0.5, 0.6) is 0 Å². The molecule has 6 rings (SSSR count). The molecule has 106 heavy (non-hydrogen) atoms. The molecule has 6 aliphatic rings. The van der Waals surface area contributed by atoms with Crippen LogP contribution in [0.2, 0.25) is 0 Å². The first kappa shape index (κ1) is 88.9. The summed E-state index contributed by atoms with van der Waals surface area (Å²) >= 11 is 0. The van der Waals surface area contributed by atoms with Crippen molar-refractivity contribution < 1.29 is 213 Å². The Morgan fingerprint density at radius 2 is 0.726 bits per heavy atom. The number of hydrogen-bond acceptors (Lipinski definition) is 39. The molecular weight excluding hydrogens is 1450 g/mol. The van der Waals surface area contributed by atoms with E-state index in [1.165, 1.54) is 0 Å². The summed E-state index contributed by atoms with van der Waals surface area (Å²) < 4.78 is 62.5. The van der Waals surface area contributed by atoms with E-state index >= 15 is 0 Å². The number of carboxylic acids is 4. The monoisotopic (exact) mass is 1550 g/mol. The van der Waals surface area contributed by atoms with Gasteiger partial charge in [0.25, 0.3) is 23.1 Å². The van der Waals surface area contributed by atoms with Gasteiger partial charge in [0.1, 0.15) is 122 Å². The number of hydrogen-bond donors (Lipinski definition) is 28. The molecule has 48 heteroatoms. The molecule has 6 saturated heterocycles. The van der Waals surface area contributed by atoms with Crippen molar-refractivity contribution in [3.63, 3.8) is 0 Å². The smallest absolute Gasteiger partial charge is 0.364 e. The molecule has 0 spiro atoms. The Kier molecular flexibility index (Phi) is 30.8. The van der Waals surface area contributed by atoms with Crippen molar-refractivity contribution in [2.24, 2.45) is 0 Å². The van der Waals surface area contributed by atoms with Crippen LogP contribution in [-0.2, 0) is 95.3 Å². The van der Waals surface area contributed by atoms with Crippen LogP contribution in [0.1, 0.15) is 60.3 Å². The minimum Gasteiger partial charge on any atom is -0.477 e. The van der Waals surface area contributed by atoms with Crippen LogP contribution in [0.4, 0.5) is 0 Å². The fraction of sp³-hybridized carbons (Fsp3) is 0.845. The number of carboxylic acid groups (broad SMARTS) is 4. The summed E-state index contributed by atoms with van der Waals surface area (Å²) in [4.78, 5) is 116. The van der Waals surface area contributed by atoms with Gasteiger partial charge < -0.3 is 196 Å². The van der Waals surface area contributed by atoms with E-state index in [-0.39, 0.29) is 0 Å². The maximum absolute atomic E-state index is 13.7. The maximum atomic E-state index is 13.7. The van der Waals surface area contributed by atoms with Crippen molar-refractivity contribution in [1.82, 2.24) is 26.6 Å². The third kappa shape index (κ3) is 19.6. The average Bonchev–Trinajstić information content (AvgIpc) is 0.756. The summed E-state index contributed by atoms with van der Waals surface area (Å²) in [5.74, 6) is -27.6.